The zero-order valence-electron chi connectivity index (χ0n) is 12.7. The van der Waals surface area contributed by atoms with Gasteiger partial charge in [0.05, 0.1) is 11.6 Å². The second-order valence-corrected chi connectivity index (χ2v) is 4.90. The minimum Gasteiger partial charge on any atom is -0.489 e. The Morgan fingerprint density at radius 2 is 2.00 bits per heavy atom. The van der Waals surface area contributed by atoms with Gasteiger partial charge in [-0.2, -0.15) is 5.26 Å². The van der Waals surface area contributed by atoms with Crippen LogP contribution in [0.25, 0.3) is 0 Å². The van der Waals surface area contributed by atoms with Gasteiger partial charge in [0.1, 0.15) is 12.4 Å². The van der Waals surface area contributed by atoms with E-state index in [0.29, 0.717) is 30.0 Å². The van der Waals surface area contributed by atoms with Gasteiger partial charge in [0.25, 0.3) is 5.91 Å². The van der Waals surface area contributed by atoms with Gasteiger partial charge in [0.2, 0.25) is 0 Å². The first-order valence-electron chi connectivity index (χ1n) is 7.12. The molecule has 0 aliphatic rings. The van der Waals surface area contributed by atoms with Gasteiger partial charge in [0, 0.05) is 24.7 Å². The topological polar surface area (TPSA) is 53.3 Å². The van der Waals surface area contributed by atoms with E-state index in [-0.39, 0.29) is 5.91 Å². The minimum absolute atomic E-state index is 0.0367. The Labute approximate surface area is 130 Å². The molecule has 0 fully saturated rings. The average molecular weight is 294 g/mol. The van der Waals surface area contributed by atoms with Crippen LogP contribution < -0.4 is 4.74 Å². The van der Waals surface area contributed by atoms with Crippen LogP contribution in [0.15, 0.2) is 48.5 Å². The predicted octanol–water partition coefficient (Wildman–Crippen LogP) is 3.23. The van der Waals surface area contributed by atoms with E-state index in [0.717, 1.165) is 5.56 Å². The highest BCUT2D eigenvalue weighted by Crippen LogP contribution is 2.17. The molecule has 0 N–H and O–H groups in total. The normalized spacial score (nSPS) is 9.86. The highest BCUT2D eigenvalue weighted by atomic mass is 16.5. The molecule has 0 aromatic heterocycles. The maximum absolute atomic E-state index is 12.1. The largest absolute Gasteiger partial charge is 0.489 e. The van der Waals surface area contributed by atoms with Crippen molar-refractivity contribution < 1.29 is 9.53 Å². The maximum atomic E-state index is 12.1. The van der Waals surface area contributed by atoms with E-state index in [4.69, 9.17) is 10.00 Å². The molecule has 1 amide bonds. The van der Waals surface area contributed by atoms with Crippen molar-refractivity contribution >= 4 is 5.91 Å². The molecule has 2 aromatic carbocycles. The zero-order chi connectivity index (χ0) is 15.9. The Balaban J connectivity index is 2.11. The summed E-state index contributed by atoms with van der Waals surface area (Å²) in [5.74, 6) is 0.577. The van der Waals surface area contributed by atoms with Gasteiger partial charge in [-0.15, -0.1) is 0 Å². The number of benzene rings is 2. The van der Waals surface area contributed by atoms with E-state index in [1.165, 1.54) is 0 Å². The third-order valence-corrected chi connectivity index (χ3v) is 3.43. The lowest BCUT2D eigenvalue weighted by Gasteiger charge is -2.15. The Morgan fingerprint density at radius 3 is 2.73 bits per heavy atom. The molecule has 112 valence electrons. The summed E-state index contributed by atoms with van der Waals surface area (Å²) in [6, 6.07) is 16.5. The summed E-state index contributed by atoms with van der Waals surface area (Å²) in [7, 11) is 1.76. The number of ether oxygens (including phenoxy) is 1. The van der Waals surface area contributed by atoms with E-state index >= 15 is 0 Å². The number of hydrogen-bond donors (Lipinski definition) is 0. The second kappa shape index (κ2) is 7.28. The third-order valence-electron chi connectivity index (χ3n) is 3.43. The van der Waals surface area contributed by atoms with E-state index in [9.17, 15) is 4.79 Å². The van der Waals surface area contributed by atoms with Gasteiger partial charge >= 0.3 is 0 Å². The summed E-state index contributed by atoms with van der Waals surface area (Å²) >= 11 is 0. The molecule has 4 heteroatoms. The molecule has 0 saturated heterocycles. The molecule has 0 heterocycles. The van der Waals surface area contributed by atoms with Crippen molar-refractivity contribution in [2.75, 3.05) is 13.6 Å². The predicted molar refractivity (Wildman–Crippen MR) is 84.6 cm³/mol. The number of amides is 1. The fourth-order valence-electron chi connectivity index (χ4n) is 2.00. The summed E-state index contributed by atoms with van der Waals surface area (Å²) in [5, 5.41) is 9.07. The molecular formula is C18H18N2O2. The van der Waals surface area contributed by atoms with Gasteiger partial charge in [0.15, 0.2) is 0 Å². The molecule has 0 radical (unpaired) electrons. The van der Waals surface area contributed by atoms with Crippen molar-refractivity contribution in [3.8, 4) is 11.8 Å². The Bertz CT molecular complexity index is 704. The third kappa shape index (κ3) is 3.64. The summed E-state index contributed by atoms with van der Waals surface area (Å²) < 4.78 is 5.72. The smallest absolute Gasteiger partial charge is 0.253 e. The molecule has 0 aliphatic heterocycles. The lowest BCUT2D eigenvalue weighted by molar-refractivity contribution is 0.0802. The molecule has 2 rings (SSSR count). The van der Waals surface area contributed by atoms with Gasteiger partial charge in [-0.3, -0.25) is 4.79 Å². The number of nitriles is 1. The summed E-state index contributed by atoms with van der Waals surface area (Å²) in [6.45, 7) is 2.88. The van der Waals surface area contributed by atoms with Crippen LogP contribution >= 0.6 is 0 Å². The maximum Gasteiger partial charge on any atom is 0.253 e. The van der Waals surface area contributed by atoms with Crippen LogP contribution in [-0.4, -0.2) is 24.4 Å². The van der Waals surface area contributed by atoms with Gasteiger partial charge in [-0.1, -0.05) is 24.3 Å². The highest BCUT2D eigenvalue weighted by molar-refractivity contribution is 5.94. The van der Waals surface area contributed by atoms with Crippen molar-refractivity contribution in [1.82, 2.24) is 4.90 Å². The molecule has 0 unspecified atom stereocenters. The van der Waals surface area contributed by atoms with Crippen LogP contribution in [0.4, 0.5) is 0 Å². The standard InChI is InChI=1S/C18H18N2O2/c1-3-20(2)18(21)14-9-6-10-17(11-14)22-13-16-8-5-4-7-15(16)12-19/h4-11H,3,13H2,1-2H3. The Morgan fingerprint density at radius 1 is 1.23 bits per heavy atom. The summed E-state index contributed by atoms with van der Waals surface area (Å²) in [5.41, 5.74) is 2.02. The number of nitrogens with zero attached hydrogens (tertiary/aromatic N) is 2. The van der Waals surface area contributed by atoms with Gasteiger partial charge in [-0.25, -0.2) is 0 Å². The summed E-state index contributed by atoms with van der Waals surface area (Å²) in [6.07, 6.45) is 0. The fourth-order valence-corrected chi connectivity index (χ4v) is 2.00. The first kappa shape index (κ1) is 15.6. The molecule has 2 aromatic rings. The molecule has 0 aliphatic carbocycles. The van der Waals surface area contributed by atoms with E-state index in [2.05, 4.69) is 6.07 Å². The Kier molecular flexibility index (Phi) is 5.16. The first-order chi connectivity index (χ1) is 10.7. The van der Waals surface area contributed by atoms with E-state index in [1.807, 2.05) is 25.1 Å². The lowest BCUT2D eigenvalue weighted by Crippen LogP contribution is -2.26. The highest BCUT2D eigenvalue weighted by Gasteiger charge is 2.11. The minimum atomic E-state index is -0.0367. The molecule has 22 heavy (non-hydrogen) atoms. The molecule has 0 bridgehead atoms. The van der Waals surface area contributed by atoms with Gasteiger partial charge in [-0.05, 0) is 31.2 Å². The van der Waals surface area contributed by atoms with E-state index in [1.54, 1.807) is 42.3 Å². The van der Waals surface area contributed by atoms with Crippen molar-refractivity contribution in [1.29, 1.82) is 5.26 Å². The zero-order valence-corrected chi connectivity index (χ0v) is 12.7. The van der Waals surface area contributed by atoms with Crippen LogP contribution in [-0.2, 0) is 6.61 Å². The van der Waals surface area contributed by atoms with Crippen molar-refractivity contribution in [3.05, 3.63) is 65.2 Å². The quantitative estimate of drug-likeness (QED) is 0.850. The Hall–Kier alpha value is -2.80. The monoisotopic (exact) mass is 294 g/mol. The molecule has 0 atom stereocenters. The fraction of sp³-hybridized carbons (Fsp3) is 0.222. The first-order valence-corrected chi connectivity index (χ1v) is 7.12. The van der Waals surface area contributed by atoms with E-state index < -0.39 is 0 Å². The number of hydrogen-bond acceptors (Lipinski definition) is 3. The number of carbonyl (C=O) groups excluding carboxylic acids is 1. The van der Waals surface area contributed by atoms with Crippen molar-refractivity contribution in [3.63, 3.8) is 0 Å². The van der Waals surface area contributed by atoms with Crippen LogP contribution in [0.2, 0.25) is 0 Å². The second-order valence-electron chi connectivity index (χ2n) is 4.90. The van der Waals surface area contributed by atoms with Crippen LogP contribution in [0.3, 0.4) is 0 Å². The molecule has 0 spiro atoms. The summed E-state index contributed by atoms with van der Waals surface area (Å²) in [4.78, 5) is 13.8. The van der Waals surface area contributed by atoms with Crippen molar-refractivity contribution in [2.45, 2.75) is 13.5 Å². The van der Waals surface area contributed by atoms with Crippen LogP contribution in [0.1, 0.15) is 28.4 Å². The molecule has 4 nitrogen and oxygen atoms in total. The number of carbonyl (C=O) groups is 1. The molecule has 0 saturated carbocycles. The van der Waals surface area contributed by atoms with Crippen LogP contribution in [0, 0.1) is 11.3 Å². The molecular weight excluding hydrogens is 276 g/mol. The van der Waals surface area contributed by atoms with Gasteiger partial charge < -0.3 is 9.64 Å². The van der Waals surface area contributed by atoms with Crippen LogP contribution in [0.5, 0.6) is 5.75 Å². The van der Waals surface area contributed by atoms with Crippen molar-refractivity contribution in [2.24, 2.45) is 0 Å². The average Bonchev–Trinajstić information content (AvgIpc) is 2.59. The SMILES string of the molecule is CCN(C)C(=O)c1cccc(OCc2ccccc2C#N)c1. The number of rotatable bonds is 5. The lowest BCUT2D eigenvalue weighted by atomic mass is 10.1.